The fourth-order valence-corrected chi connectivity index (χ4v) is 5.00. The summed E-state index contributed by atoms with van der Waals surface area (Å²) < 4.78 is 0.672. The van der Waals surface area contributed by atoms with E-state index in [1.165, 1.54) is 17.5 Å². The van der Waals surface area contributed by atoms with Crippen LogP contribution in [0.5, 0.6) is 0 Å². The second-order valence-corrected chi connectivity index (χ2v) is 7.81. The zero-order chi connectivity index (χ0) is 17.1. The molecule has 4 rings (SSSR count). The summed E-state index contributed by atoms with van der Waals surface area (Å²) in [5, 5.41) is 2.96. The summed E-state index contributed by atoms with van der Waals surface area (Å²) >= 11 is 1.32. The molecule has 2 aliphatic rings. The van der Waals surface area contributed by atoms with Gasteiger partial charge in [-0.3, -0.25) is 13.9 Å². The number of fused-ring (bicyclic) bond motifs is 2. The largest absolute Gasteiger partial charge is 0.324 e. The van der Waals surface area contributed by atoms with E-state index in [0.717, 1.165) is 22.4 Å². The van der Waals surface area contributed by atoms with Crippen LogP contribution in [0.2, 0.25) is 0 Å². The molecule has 1 saturated heterocycles. The van der Waals surface area contributed by atoms with Gasteiger partial charge in [-0.25, -0.2) is 0 Å². The molecule has 5 heteroatoms. The van der Waals surface area contributed by atoms with Crippen LogP contribution in [0.1, 0.15) is 28.2 Å². The molecule has 0 unspecified atom stereocenters. The predicted octanol–water partition coefficient (Wildman–Crippen LogP) is 3.35. The number of likely N-dealkylation sites (N-methyl/N-ethyl adjacent to an activating group) is 1. The number of benzene rings is 2. The van der Waals surface area contributed by atoms with Crippen LogP contribution in [0.25, 0.3) is 0 Å². The molecule has 1 fully saturated rings. The first-order chi connectivity index (χ1) is 11.4. The number of rotatable bonds is 1. The molecule has 2 aliphatic heterocycles. The number of hydrogen-bond donors (Lipinski definition) is 1. The molecule has 0 radical (unpaired) electrons. The van der Waals surface area contributed by atoms with E-state index in [1.54, 1.807) is 11.4 Å². The Labute approximate surface area is 145 Å². The lowest BCUT2D eigenvalue weighted by Crippen LogP contribution is -2.36. The fourth-order valence-electron chi connectivity index (χ4n) is 3.62. The molecule has 0 aliphatic carbocycles. The minimum absolute atomic E-state index is 0.0323. The maximum absolute atomic E-state index is 13.0. The van der Waals surface area contributed by atoms with Crippen LogP contribution in [0, 0.1) is 13.8 Å². The Balaban J connectivity index is 1.95. The van der Waals surface area contributed by atoms with Crippen LogP contribution in [0.4, 0.5) is 5.69 Å². The van der Waals surface area contributed by atoms with E-state index in [-0.39, 0.29) is 11.8 Å². The van der Waals surface area contributed by atoms with Gasteiger partial charge < -0.3 is 5.32 Å². The maximum atomic E-state index is 13.0. The van der Waals surface area contributed by atoms with Crippen LogP contribution in [0.15, 0.2) is 42.5 Å². The Bertz CT molecular complexity index is 879. The van der Waals surface area contributed by atoms with Gasteiger partial charge in [-0.05, 0) is 48.6 Å². The highest BCUT2D eigenvalue weighted by molar-refractivity contribution is 7.99. The summed E-state index contributed by atoms with van der Waals surface area (Å²) in [6.45, 7) is 4.08. The Morgan fingerprint density at radius 3 is 2.58 bits per heavy atom. The van der Waals surface area contributed by atoms with E-state index in [0.29, 0.717) is 0 Å². The van der Waals surface area contributed by atoms with Crippen LogP contribution in [0.3, 0.4) is 0 Å². The van der Waals surface area contributed by atoms with Crippen LogP contribution in [-0.4, -0.2) is 23.2 Å². The molecular weight excluding hydrogens is 320 g/mol. The summed E-state index contributed by atoms with van der Waals surface area (Å²) in [7, 11) is 1.74. The summed E-state index contributed by atoms with van der Waals surface area (Å²) in [5.41, 5.74) is 4.89. The molecule has 1 N–H and O–H groups in total. The maximum Gasteiger partial charge on any atom is 0.248 e. The highest BCUT2D eigenvalue weighted by Crippen LogP contribution is 2.60. The Morgan fingerprint density at radius 2 is 1.83 bits per heavy atom. The standard InChI is InChI=1S/C19H18N2O2S/c1-11-8-9-13(10-12(11)2)16-17(22)21(3)24-19(16)14-6-4-5-7-15(14)20-18(19)23/h4-10,16H,1-3H3,(H,20,23)/t16-,19-/m0/s1. The zero-order valence-corrected chi connectivity index (χ0v) is 14.6. The molecule has 2 heterocycles. The number of aryl methyl sites for hydroxylation is 2. The topological polar surface area (TPSA) is 49.4 Å². The molecule has 0 saturated carbocycles. The molecule has 2 aromatic rings. The lowest BCUT2D eigenvalue weighted by molar-refractivity contribution is -0.128. The van der Waals surface area contributed by atoms with Gasteiger partial charge in [0.05, 0.1) is 5.92 Å². The molecule has 0 bridgehead atoms. The number of hydrogen-bond acceptors (Lipinski definition) is 3. The lowest BCUT2D eigenvalue weighted by atomic mass is 9.80. The van der Waals surface area contributed by atoms with E-state index in [9.17, 15) is 9.59 Å². The van der Waals surface area contributed by atoms with Gasteiger partial charge in [0, 0.05) is 18.3 Å². The number of amides is 2. The minimum Gasteiger partial charge on any atom is -0.324 e. The second-order valence-electron chi connectivity index (χ2n) is 6.44. The third kappa shape index (κ3) is 1.88. The first kappa shape index (κ1) is 15.3. The van der Waals surface area contributed by atoms with Crippen molar-refractivity contribution in [2.24, 2.45) is 0 Å². The normalized spacial score (nSPS) is 25.3. The third-order valence-corrected chi connectivity index (χ3v) is 6.40. The predicted molar refractivity (Wildman–Crippen MR) is 95.8 cm³/mol. The van der Waals surface area contributed by atoms with E-state index >= 15 is 0 Å². The molecular formula is C19H18N2O2S. The molecule has 2 atom stereocenters. The van der Waals surface area contributed by atoms with Crippen molar-refractivity contribution in [1.82, 2.24) is 4.31 Å². The number of carbonyl (C=O) groups excluding carboxylic acids is 2. The second kappa shape index (κ2) is 5.11. The SMILES string of the molecule is Cc1ccc([C@H]2C(=O)N(C)S[C@]23C(=O)Nc2ccccc23)cc1C. The molecule has 2 aromatic carbocycles. The van der Waals surface area contributed by atoms with Crippen molar-refractivity contribution in [3.63, 3.8) is 0 Å². The van der Waals surface area contributed by atoms with Crippen molar-refractivity contribution < 1.29 is 9.59 Å². The number of carbonyl (C=O) groups is 2. The van der Waals surface area contributed by atoms with E-state index in [1.807, 2.05) is 56.3 Å². The lowest BCUT2D eigenvalue weighted by Gasteiger charge is -2.26. The first-order valence-corrected chi connectivity index (χ1v) is 8.67. The van der Waals surface area contributed by atoms with Gasteiger partial charge in [0.15, 0.2) is 4.75 Å². The summed E-state index contributed by atoms with van der Waals surface area (Å²) in [4.78, 5) is 25.9. The number of nitrogens with zero attached hydrogens (tertiary/aromatic N) is 1. The van der Waals surface area contributed by atoms with Gasteiger partial charge in [0.1, 0.15) is 0 Å². The summed E-state index contributed by atoms with van der Waals surface area (Å²) in [5.74, 6) is -0.666. The van der Waals surface area contributed by atoms with Crippen molar-refractivity contribution in [1.29, 1.82) is 0 Å². The van der Waals surface area contributed by atoms with Crippen LogP contribution >= 0.6 is 11.9 Å². The average molecular weight is 338 g/mol. The van der Waals surface area contributed by atoms with Gasteiger partial charge in [-0.1, -0.05) is 36.4 Å². The van der Waals surface area contributed by atoms with Gasteiger partial charge in [0.25, 0.3) is 0 Å². The first-order valence-electron chi connectivity index (χ1n) is 7.90. The highest BCUT2D eigenvalue weighted by Gasteiger charge is 2.62. The monoisotopic (exact) mass is 338 g/mol. The molecule has 122 valence electrons. The van der Waals surface area contributed by atoms with E-state index in [4.69, 9.17) is 0 Å². The van der Waals surface area contributed by atoms with Crippen molar-refractivity contribution >= 4 is 29.4 Å². The van der Waals surface area contributed by atoms with Crippen molar-refractivity contribution in [3.05, 3.63) is 64.7 Å². The average Bonchev–Trinajstić information content (AvgIpc) is 2.98. The Kier molecular flexibility index (Phi) is 3.25. The molecule has 2 amide bonds. The number of nitrogens with one attached hydrogen (secondary N) is 1. The molecule has 1 spiro atoms. The third-order valence-electron chi connectivity index (χ3n) is 5.02. The van der Waals surface area contributed by atoms with Crippen molar-refractivity contribution in [2.75, 3.05) is 12.4 Å². The van der Waals surface area contributed by atoms with Crippen molar-refractivity contribution in [3.8, 4) is 0 Å². The van der Waals surface area contributed by atoms with E-state index in [2.05, 4.69) is 5.32 Å². The summed E-state index contributed by atoms with van der Waals surface area (Å²) in [6, 6.07) is 13.7. The van der Waals surface area contributed by atoms with Gasteiger partial charge >= 0.3 is 0 Å². The number of anilines is 1. The van der Waals surface area contributed by atoms with Gasteiger partial charge in [-0.2, -0.15) is 0 Å². The van der Waals surface area contributed by atoms with Gasteiger partial charge in [0.2, 0.25) is 11.8 Å². The molecule has 24 heavy (non-hydrogen) atoms. The zero-order valence-electron chi connectivity index (χ0n) is 13.8. The Hall–Kier alpha value is -2.27. The van der Waals surface area contributed by atoms with E-state index < -0.39 is 10.7 Å². The minimum atomic E-state index is -0.926. The quantitative estimate of drug-likeness (QED) is 0.811. The van der Waals surface area contributed by atoms with Gasteiger partial charge in [-0.15, -0.1) is 0 Å². The smallest absolute Gasteiger partial charge is 0.248 e. The summed E-state index contributed by atoms with van der Waals surface area (Å²) in [6.07, 6.45) is 0. The van der Waals surface area contributed by atoms with Crippen molar-refractivity contribution in [2.45, 2.75) is 24.5 Å². The van der Waals surface area contributed by atoms with Crippen LogP contribution in [-0.2, 0) is 14.3 Å². The highest BCUT2D eigenvalue weighted by atomic mass is 32.2. The Morgan fingerprint density at radius 1 is 1.08 bits per heavy atom. The number of para-hydroxylation sites is 1. The molecule has 0 aromatic heterocycles. The van der Waals surface area contributed by atoms with Crippen LogP contribution < -0.4 is 5.32 Å². The molecule has 4 nitrogen and oxygen atoms in total. The fraction of sp³-hybridized carbons (Fsp3) is 0.263.